The van der Waals surface area contributed by atoms with Crippen LogP contribution in [0.4, 0.5) is 8.78 Å². The molecule has 3 heterocycles. The molecule has 3 aliphatic rings. The summed E-state index contributed by atoms with van der Waals surface area (Å²) in [6.07, 6.45) is 0.686. The molecule has 0 aromatic heterocycles. The van der Waals surface area contributed by atoms with Crippen molar-refractivity contribution in [2.75, 3.05) is 13.1 Å². The van der Waals surface area contributed by atoms with E-state index in [1.807, 2.05) is 6.07 Å². The van der Waals surface area contributed by atoms with Crippen LogP contribution in [0.15, 0.2) is 18.2 Å². The first kappa shape index (κ1) is 18.9. The van der Waals surface area contributed by atoms with Gasteiger partial charge in [0.1, 0.15) is 6.04 Å². The number of benzene rings is 1. The maximum atomic E-state index is 14.0. The van der Waals surface area contributed by atoms with E-state index in [4.69, 9.17) is 5.73 Å². The van der Waals surface area contributed by atoms with Crippen LogP contribution in [-0.4, -0.2) is 58.6 Å². The highest BCUT2D eigenvalue weighted by Crippen LogP contribution is 2.32. The van der Waals surface area contributed by atoms with Crippen molar-refractivity contribution in [2.45, 2.75) is 50.4 Å². The smallest absolute Gasteiger partial charge is 0.275 e. The molecule has 0 bridgehead atoms. The zero-order valence-corrected chi connectivity index (χ0v) is 15.3. The summed E-state index contributed by atoms with van der Waals surface area (Å²) in [5.74, 6) is -4.01. The van der Waals surface area contributed by atoms with Gasteiger partial charge in [0, 0.05) is 31.6 Å². The SMILES string of the molecule is NC1CCN(Cc2cccc3c2CN(C2CCC(=O)NC2=O)C3=O)CC1(F)F. The second-order valence-corrected chi connectivity index (χ2v) is 7.71. The number of hydrogen-bond acceptors (Lipinski definition) is 5. The number of nitrogens with two attached hydrogens (primary N) is 1. The lowest BCUT2D eigenvalue weighted by atomic mass is 9.99. The van der Waals surface area contributed by atoms with Crippen LogP contribution >= 0.6 is 0 Å². The summed E-state index contributed by atoms with van der Waals surface area (Å²) in [5, 5.41) is 2.27. The van der Waals surface area contributed by atoms with E-state index >= 15 is 0 Å². The lowest BCUT2D eigenvalue weighted by Crippen LogP contribution is -2.55. The molecular formula is C19H22F2N4O3. The number of amides is 3. The van der Waals surface area contributed by atoms with Crippen molar-refractivity contribution in [3.8, 4) is 0 Å². The van der Waals surface area contributed by atoms with E-state index in [0.717, 1.165) is 11.1 Å². The second kappa shape index (κ2) is 6.89. The summed E-state index contributed by atoms with van der Waals surface area (Å²) in [4.78, 5) is 39.5. The summed E-state index contributed by atoms with van der Waals surface area (Å²) in [6, 6.07) is 3.42. The Morgan fingerprint density at radius 2 is 2.00 bits per heavy atom. The Balaban J connectivity index is 1.53. The summed E-state index contributed by atoms with van der Waals surface area (Å²) in [6.45, 7) is 0.580. The molecule has 0 radical (unpaired) electrons. The third kappa shape index (κ3) is 3.29. The first-order valence-electron chi connectivity index (χ1n) is 9.37. The zero-order chi connectivity index (χ0) is 20.1. The molecule has 3 aliphatic heterocycles. The minimum atomic E-state index is -2.94. The lowest BCUT2D eigenvalue weighted by Gasteiger charge is -2.36. The van der Waals surface area contributed by atoms with E-state index in [1.54, 1.807) is 17.0 Å². The molecule has 150 valence electrons. The highest BCUT2D eigenvalue weighted by molar-refractivity contribution is 6.05. The van der Waals surface area contributed by atoms with Gasteiger partial charge < -0.3 is 10.6 Å². The number of alkyl halides is 2. The largest absolute Gasteiger partial charge is 0.323 e. The van der Waals surface area contributed by atoms with E-state index in [1.165, 1.54) is 4.90 Å². The summed E-state index contributed by atoms with van der Waals surface area (Å²) < 4.78 is 27.9. The number of likely N-dealkylation sites (tertiary alicyclic amines) is 1. The average molecular weight is 392 g/mol. The van der Waals surface area contributed by atoms with Crippen LogP contribution < -0.4 is 11.1 Å². The molecule has 9 heteroatoms. The number of piperidine rings is 2. The molecule has 3 N–H and O–H groups in total. The molecule has 2 saturated heterocycles. The molecule has 7 nitrogen and oxygen atoms in total. The monoisotopic (exact) mass is 392 g/mol. The normalized spacial score (nSPS) is 27.7. The van der Waals surface area contributed by atoms with E-state index in [-0.39, 0.29) is 37.6 Å². The highest BCUT2D eigenvalue weighted by Gasteiger charge is 2.43. The third-order valence-electron chi connectivity index (χ3n) is 5.81. The van der Waals surface area contributed by atoms with Gasteiger partial charge in [0.05, 0.1) is 12.6 Å². The zero-order valence-electron chi connectivity index (χ0n) is 15.3. The topological polar surface area (TPSA) is 95.7 Å². The van der Waals surface area contributed by atoms with Gasteiger partial charge >= 0.3 is 0 Å². The molecule has 0 saturated carbocycles. The fourth-order valence-corrected chi connectivity index (χ4v) is 4.20. The first-order valence-corrected chi connectivity index (χ1v) is 9.37. The van der Waals surface area contributed by atoms with Gasteiger partial charge in [-0.05, 0) is 30.0 Å². The van der Waals surface area contributed by atoms with Gasteiger partial charge in [0.15, 0.2) is 0 Å². The molecule has 28 heavy (non-hydrogen) atoms. The van der Waals surface area contributed by atoms with Crippen molar-refractivity contribution < 1.29 is 23.2 Å². The fraction of sp³-hybridized carbons (Fsp3) is 0.526. The molecule has 4 rings (SSSR count). The van der Waals surface area contributed by atoms with Gasteiger partial charge in [0.2, 0.25) is 11.8 Å². The number of rotatable bonds is 3. The molecule has 1 aromatic rings. The lowest BCUT2D eigenvalue weighted by molar-refractivity contribution is -0.136. The van der Waals surface area contributed by atoms with Gasteiger partial charge in [-0.1, -0.05) is 12.1 Å². The molecule has 2 fully saturated rings. The van der Waals surface area contributed by atoms with Gasteiger partial charge in [-0.3, -0.25) is 24.6 Å². The molecule has 3 amide bonds. The fourth-order valence-electron chi connectivity index (χ4n) is 4.20. The summed E-state index contributed by atoms with van der Waals surface area (Å²) in [5.41, 5.74) is 7.56. The Hall–Kier alpha value is -2.39. The number of hydrogen-bond donors (Lipinski definition) is 2. The Kier molecular flexibility index (Phi) is 4.67. The molecule has 2 atom stereocenters. The van der Waals surface area contributed by atoms with Crippen molar-refractivity contribution in [3.63, 3.8) is 0 Å². The second-order valence-electron chi connectivity index (χ2n) is 7.71. The Morgan fingerprint density at radius 1 is 1.21 bits per heavy atom. The standard InChI is InChI=1S/C19H22F2N4O3/c20-19(21)10-24(7-6-15(19)22)8-11-2-1-3-12-13(11)9-25(18(12)28)14-4-5-16(26)23-17(14)27/h1-3,14-15H,4-10,22H2,(H,23,26,27). The molecular weight excluding hydrogens is 370 g/mol. The van der Waals surface area contributed by atoms with Crippen LogP contribution in [0, 0.1) is 0 Å². The minimum Gasteiger partial charge on any atom is -0.323 e. The van der Waals surface area contributed by atoms with Crippen molar-refractivity contribution >= 4 is 17.7 Å². The van der Waals surface area contributed by atoms with Crippen molar-refractivity contribution in [1.29, 1.82) is 0 Å². The van der Waals surface area contributed by atoms with Crippen molar-refractivity contribution in [2.24, 2.45) is 5.73 Å². The molecule has 0 spiro atoms. The number of carbonyl (C=O) groups excluding carboxylic acids is 3. The molecule has 1 aromatic carbocycles. The minimum absolute atomic E-state index is 0.187. The Morgan fingerprint density at radius 3 is 2.71 bits per heavy atom. The summed E-state index contributed by atoms with van der Waals surface area (Å²) in [7, 11) is 0. The predicted octanol–water partition coefficient (Wildman–Crippen LogP) is 0.616. The van der Waals surface area contributed by atoms with Crippen LogP contribution in [0.5, 0.6) is 0 Å². The van der Waals surface area contributed by atoms with Crippen molar-refractivity contribution in [3.05, 3.63) is 34.9 Å². The van der Waals surface area contributed by atoms with E-state index in [2.05, 4.69) is 5.32 Å². The number of nitrogens with zero attached hydrogens (tertiary/aromatic N) is 2. The predicted molar refractivity (Wildman–Crippen MR) is 95.3 cm³/mol. The van der Waals surface area contributed by atoms with Gasteiger partial charge in [-0.2, -0.15) is 0 Å². The Bertz CT molecular complexity index is 844. The van der Waals surface area contributed by atoms with Crippen LogP contribution in [0.2, 0.25) is 0 Å². The average Bonchev–Trinajstić information content (AvgIpc) is 2.96. The van der Waals surface area contributed by atoms with E-state index in [0.29, 0.717) is 18.7 Å². The van der Waals surface area contributed by atoms with Crippen LogP contribution in [0.1, 0.15) is 40.7 Å². The highest BCUT2D eigenvalue weighted by atomic mass is 19.3. The van der Waals surface area contributed by atoms with Gasteiger partial charge in [-0.25, -0.2) is 8.78 Å². The van der Waals surface area contributed by atoms with Crippen LogP contribution in [-0.2, 0) is 22.7 Å². The maximum absolute atomic E-state index is 14.0. The quantitative estimate of drug-likeness (QED) is 0.735. The number of halogens is 2. The van der Waals surface area contributed by atoms with Crippen molar-refractivity contribution in [1.82, 2.24) is 15.1 Å². The van der Waals surface area contributed by atoms with Crippen LogP contribution in [0.3, 0.4) is 0 Å². The number of imide groups is 1. The van der Waals surface area contributed by atoms with Crippen LogP contribution in [0.25, 0.3) is 0 Å². The maximum Gasteiger partial charge on any atom is 0.275 e. The number of nitrogens with one attached hydrogen (secondary N) is 1. The molecule has 0 aliphatic carbocycles. The molecule has 2 unspecified atom stereocenters. The van der Waals surface area contributed by atoms with E-state index in [9.17, 15) is 23.2 Å². The number of carbonyl (C=O) groups is 3. The van der Waals surface area contributed by atoms with Gasteiger partial charge in [0.25, 0.3) is 11.8 Å². The number of fused-ring (bicyclic) bond motifs is 1. The summed E-state index contributed by atoms with van der Waals surface area (Å²) >= 11 is 0. The van der Waals surface area contributed by atoms with Gasteiger partial charge in [-0.15, -0.1) is 0 Å². The Labute approximate surface area is 160 Å². The third-order valence-corrected chi connectivity index (χ3v) is 5.81. The first-order chi connectivity index (χ1) is 13.3. The van der Waals surface area contributed by atoms with E-state index < -0.39 is 30.5 Å².